The predicted octanol–water partition coefficient (Wildman–Crippen LogP) is 4.47. The molecule has 1 aromatic heterocycles. The molecule has 0 atom stereocenters. The first-order valence-electron chi connectivity index (χ1n) is 8.94. The van der Waals surface area contributed by atoms with Gasteiger partial charge in [0.25, 0.3) is 0 Å². The Morgan fingerprint density at radius 1 is 1.38 bits per heavy atom. The summed E-state index contributed by atoms with van der Waals surface area (Å²) in [6.45, 7) is 9.08. The fraction of sp³-hybridized carbons (Fsp3) is 0.286. The van der Waals surface area contributed by atoms with Crippen LogP contribution >= 0.6 is 11.6 Å². The van der Waals surface area contributed by atoms with Crippen molar-refractivity contribution in [2.45, 2.75) is 32.8 Å². The van der Waals surface area contributed by atoms with Crippen LogP contribution in [0.2, 0.25) is 5.15 Å². The molecule has 1 aromatic carbocycles. The van der Waals surface area contributed by atoms with Gasteiger partial charge in [0.1, 0.15) is 11.5 Å². The number of nitrogens with zero attached hydrogens (tertiary/aromatic N) is 2. The third-order valence-electron chi connectivity index (χ3n) is 4.58. The topological polar surface area (TPSA) is 79.7 Å². The normalized spacial score (nSPS) is 15.9. The van der Waals surface area contributed by atoms with E-state index < -0.39 is 11.8 Å². The van der Waals surface area contributed by atoms with Crippen molar-refractivity contribution in [2.24, 2.45) is 0 Å². The van der Waals surface area contributed by atoms with Gasteiger partial charge in [0.2, 0.25) is 5.78 Å². The number of halogens is 1. The Morgan fingerprint density at radius 3 is 2.69 bits per heavy atom. The summed E-state index contributed by atoms with van der Waals surface area (Å²) in [6, 6.07) is 5.62. The zero-order valence-corrected chi connectivity index (χ0v) is 17.4. The molecular formula is C21H21ClN2O5. The van der Waals surface area contributed by atoms with Crippen LogP contribution in [0.25, 0.3) is 11.3 Å². The maximum Gasteiger partial charge on any atom is 0.513 e. The lowest BCUT2D eigenvalue weighted by atomic mass is 9.85. The Hall–Kier alpha value is -3.06. The lowest BCUT2D eigenvalue weighted by Crippen LogP contribution is -2.40. The predicted molar refractivity (Wildman–Crippen MR) is 108 cm³/mol. The van der Waals surface area contributed by atoms with Crippen LogP contribution in [-0.2, 0) is 25.4 Å². The number of carbonyl (C=O) groups excluding carboxylic acids is 2. The first-order valence-corrected chi connectivity index (χ1v) is 9.32. The molecule has 0 aliphatic carbocycles. The molecule has 0 fully saturated rings. The fourth-order valence-corrected chi connectivity index (χ4v) is 3.28. The average molecular weight is 417 g/mol. The molecule has 0 N–H and O–H groups in total. The Balaban J connectivity index is 2.27. The van der Waals surface area contributed by atoms with E-state index in [-0.39, 0.29) is 22.9 Å². The average Bonchev–Trinajstić information content (AvgIpc) is 3.12. The standard InChI is InChI=1S/C21H21ClN2O5/c1-6-13-7-8-14(24-10-16(22)23-11-24)9-15(13)17-18(28-20(26)27-5)12(2)29-21(3,4)19(17)25/h7-11H,2,6H2,1,3-5H3. The summed E-state index contributed by atoms with van der Waals surface area (Å²) in [5.74, 6) is -0.316. The lowest BCUT2D eigenvalue weighted by Gasteiger charge is -2.33. The SMILES string of the molecule is C=C1OC(C)(C)C(=O)C(c2cc(-n3cnc(Cl)c3)ccc2CC)=C1OC(=O)OC. The highest BCUT2D eigenvalue weighted by Gasteiger charge is 2.42. The van der Waals surface area contributed by atoms with Crippen LogP contribution in [0.1, 0.15) is 31.9 Å². The summed E-state index contributed by atoms with van der Waals surface area (Å²) in [6.07, 6.45) is 2.91. The first kappa shape index (κ1) is 20.7. The molecule has 0 amide bonds. The molecule has 8 heteroatoms. The number of Topliss-reactive ketones (excluding diaryl/α,β-unsaturated/α-hetero) is 1. The van der Waals surface area contributed by atoms with Crippen molar-refractivity contribution in [1.29, 1.82) is 0 Å². The monoisotopic (exact) mass is 416 g/mol. The van der Waals surface area contributed by atoms with E-state index in [1.807, 2.05) is 25.1 Å². The van der Waals surface area contributed by atoms with Gasteiger partial charge in [0.05, 0.1) is 12.7 Å². The van der Waals surface area contributed by atoms with Gasteiger partial charge in [-0.1, -0.05) is 31.2 Å². The number of hydrogen-bond acceptors (Lipinski definition) is 6. The molecule has 2 aromatic rings. The molecule has 29 heavy (non-hydrogen) atoms. The van der Waals surface area contributed by atoms with Gasteiger partial charge in [-0.05, 0) is 43.5 Å². The van der Waals surface area contributed by atoms with Gasteiger partial charge in [-0.15, -0.1) is 0 Å². The third-order valence-corrected chi connectivity index (χ3v) is 4.77. The Morgan fingerprint density at radius 2 is 2.10 bits per heavy atom. The molecular weight excluding hydrogens is 396 g/mol. The summed E-state index contributed by atoms with van der Waals surface area (Å²) in [4.78, 5) is 29.1. The number of aromatic nitrogens is 2. The summed E-state index contributed by atoms with van der Waals surface area (Å²) in [5.41, 5.74) is 1.27. The summed E-state index contributed by atoms with van der Waals surface area (Å²) in [5, 5.41) is 0.344. The molecule has 0 saturated carbocycles. The molecule has 0 saturated heterocycles. The molecule has 3 rings (SSSR count). The quantitative estimate of drug-likeness (QED) is 0.684. The zero-order chi connectivity index (χ0) is 21.3. The smallest absolute Gasteiger partial charge is 0.476 e. The van der Waals surface area contributed by atoms with Crippen molar-refractivity contribution in [3.8, 4) is 5.69 Å². The van der Waals surface area contributed by atoms with E-state index >= 15 is 0 Å². The van der Waals surface area contributed by atoms with Crippen molar-refractivity contribution < 1.29 is 23.8 Å². The first-order chi connectivity index (χ1) is 13.7. The zero-order valence-electron chi connectivity index (χ0n) is 16.6. The maximum atomic E-state index is 13.3. The summed E-state index contributed by atoms with van der Waals surface area (Å²) < 4.78 is 17.2. The molecule has 0 bridgehead atoms. The van der Waals surface area contributed by atoms with Crippen molar-refractivity contribution in [3.05, 3.63) is 65.1 Å². The molecule has 1 aliphatic rings. The van der Waals surface area contributed by atoms with Crippen LogP contribution in [0.3, 0.4) is 0 Å². The summed E-state index contributed by atoms with van der Waals surface area (Å²) in [7, 11) is 1.18. The molecule has 1 aliphatic heterocycles. The highest BCUT2D eigenvalue weighted by molar-refractivity contribution is 6.29. The van der Waals surface area contributed by atoms with Crippen LogP contribution in [0, 0.1) is 0 Å². The maximum absolute atomic E-state index is 13.3. The van der Waals surface area contributed by atoms with E-state index in [4.69, 9.17) is 21.1 Å². The minimum atomic E-state index is -1.17. The fourth-order valence-electron chi connectivity index (χ4n) is 3.13. The van der Waals surface area contributed by atoms with Crippen molar-refractivity contribution >= 4 is 29.1 Å². The number of aryl methyl sites for hydroxylation is 1. The van der Waals surface area contributed by atoms with Gasteiger partial charge in [0.15, 0.2) is 17.1 Å². The molecule has 0 spiro atoms. The van der Waals surface area contributed by atoms with Crippen LogP contribution in [-0.4, -0.2) is 34.2 Å². The van der Waals surface area contributed by atoms with Gasteiger partial charge >= 0.3 is 6.16 Å². The van der Waals surface area contributed by atoms with E-state index in [9.17, 15) is 9.59 Å². The Labute approximate surface area is 173 Å². The van der Waals surface area contributed by atoms with E-state index in [1.54, 1.807) is 30.9 Å². The van der Waals surface area contributed by atoms with Gasteiger partial charge in [0, 0.05) is 11.9 Å². The minimum Gasteiger partial charge on any atom is -0.476 e. The largest absolute Gasteiger partial charge is 0.513 e. The number of imidazole rings is 1. The number of ketones is 1. The highest BCUT2D eigenvalue weighted by Crippen LogP contribution is 2.39. The second-order valence-corrected chi connectivity index (χ2v) is 7.31. The van der Waals surface area contributed by atoms with E-state index in [0.29, 0.717) is 17.1 Å². The van der Waals surface area contributed by atoms with E-state index in [2.05, 4.69) is 16.3 Å². The van der Waals surface area contributed by atoms with Gasteiger partial charge in [-0.25, -0.2) is 9.78 Å². The van der Waals surface area contributed by atoms with Crippen LogP contribution in [0.5, 0.6) is 0 Å². The van der Waals surface area contributed by atoms with E-state index in [0.717, 1.165) is 11.3 Å². The number of benzene rings is 1. The Bertz CT molecular complexity index is 1040. The van der Waals surface area contributed by atoms with Crippen LogP contribution in [0.4, 0.5) is 4.79 Å². The number of ether oxygens (including phenoxy) is 3. The van der Waals surface area contributed by atoms with Crippen LogP contribution < -0.4 is 0 Å². The second kappa shape index (κ2) is 7.75. The minimum absolute atomic E-state index is 0.0586. The van der Waals surface area contributed by atoms with Crippen molar-refractivity contribution in [2.75, 3.05) is 7.11 Å². The Kier molecular flexibility index (Phi) is 5.53. The van der Waals surface area contributed by atoms with Crippen molar-refractivity contribution in [3.63, 3.8) is 0 Å². The third kappa shape index (κ3) is 3.91. The lowest BCUT2D eigenvalue weighted by molar-refractivity contribution is -0.131. The number of methoxy groups -OCH3 is 1. The molecule has 152 valence electrons. The highest BCUT2D eigenvalue weighted by atomic mass is 35.5. The second-order valence-electron chi connectivity index (χ2n) is 6.92. The summed E-state index contributed by atoms with van der Waals surface area (Å²) >= 11 is 5.94. The van der Waals surface area contributed by atoms with Gasteiger partial charge in [-0.3, -0.25) is 4.79 Å². The van der Waals surface area contributed by atoms with Crippen LogP contribution in [0.15, 0.2) is 48.8 Å². The van der Waals surface area contributed by atoms with E-state index in [1.165, 1.54) is 7.11 Å². The molecule has 0 radical (unpaired) electrons. The van der Waals surface area contributed by atoms with Crippen molar-refractivity contribution in [1.82, 2.24) is 9.55 Å². The number of rotatable bonds is 4. The molecule has 0 unspecified atom stereocenters. The number of hydrogen-bond donors (Lipinski definition) is 0. The molecule has 7 nitrogen and oxygen atoms in total. The number of carbonyl (C=O) groups is 2. The van der Waals surface area contributed by atoms with Gasteiger partial charge < -0.3 is 18.8 Å². The molecule has 2 heterocycles. The van der Waals surface area contributed by atoms with Gasteiger partial charge in [-0.2, -0.15) is 0 Å².